The Morgan fingerprint density at radius 1 is 1.19 bits per heavy atom. The molecular weight excluding hydrogens is 406 g/mol. The van der Waals surface area contributed by atoms with Gasteiger partial charge in [0.2, 0.25) is 5.78 Å². The number of hydrogen-bond acceptors (Lipinski definition) is 6. The Morgan fingerprint density at radius 2 is 1.97 bits per heavy atom. The molecule has 32 heavy (non-hydrogen) atoms. The number of fused-ring (bicyclic) bond motifs is 1. The van der Waals surface area contributed by atoms with Crippen LogP contribution in [0.25, 0.3) is 0 Å². The summed E-state index contributed by atoms with van der Waals surface area (Å²) >= 11 is 0. The third-order valence-electron chi connectivity index (χ3n) is 5.20. The highest BCUT2D eigenvalue weighted by molar-refractivity contribution is 6.00. The van der Waals surface area contributed by atoms with E-state index in [2.05, 4.69) is 11.1 Å². The van der Waals surface area contributed by atoms with Crippen LogP contribution in [0.1, 0.15) is 46.9 Å². The Labute approximate surface area is 185 Å². The average molecular weight is 427 g/mol. The van der Waals surface area contributed by atoms with Crippen molar-refractivity contribution in [1.82, 2.24) is 10.0 Å². The molecule has 4 rings (SSSR count). The zero-order valence-electron chi connectivity index (χ0n) is 17.7. The first-order valence-corrected chi connectivity index (χ1v) is 10.1. The Hall–Kier alpha value is -4.02. The zero-order valence-corrected chi connectivity index (χ0v) is 17.7. The number of carbonyl (C=O) groups excluding carboxylic acids is 2. The molecule has 2 aromatic carbocycles. The summed E-state index contributed by atoms with van der Waals surface area (Å²) in [4.78, 5) is 37.0. The third kappa shape index (κ3) is 4.09. The monoisotopic (exact) mass is 427 g/mol. The first-order valence-electron chi connectivity index (χ1n) is 10.1. The first-order chi connectivity index (χ1) is 15.4. The number of aromatic nitrogens is 1. The molecule has 1 atom stereocenters. The Morgan fingerprint density at radius 3 is 2.66 bits per heavy atom. The molecule has 160 valence electrons. The molecule has 1 amide bonds. The van der Waals surface area contributed by atoms with E-state index in [0.29, 0.717) is 16.9 Å². The van der Waals surface area contributed by atoms with E-state index < -0.39 is 17.6 Å². The Balaban J connectivity index is 1.81. The predicted octanol–water partition coefficient (Wildman–Crippen LogP) is 4.01. The standard InChI is InChI=1S/C25H21N3O4/c1-25(2)23(29)22(20-13-18(14-26)10-11-21(20)32-25)28(24(30)19-9-6-12-27-15-19)31-16-17-7-4-3-5-8-17/h3-13,15,22H,16H2,1-2H3. The van der Waals surface area contributed by atoms with E-state index in [9.17, 15) is 14.9 Å². The quantitative estimate of drug-likeness (QED) is 0.571. The molecule has 3 aromatic rings. The minimum atomic E-state index is -1.20. The van der Waals surface area contributed by atoms with Gasteiger partial charge in [-0.3, -0.25) is 19.4 Å². The van der Waals surface area contributed by atoms with Crippen molar-refractivity contribution >= 4 is 11.7 Å². The number of carbonyl (C=O) groups is 2. The minimum Gasteiger partial charge on any atom is -0.480 e. The summed E-state index contributed by atoms with van der Waals surface area (Å²) in [6, 6.07) is 18.4. The highest BCUT2D eigenvalue weighted by atomic mass is 16.7. The van der Waals surface area contributed by atoms with Crippen LogP contribution in [0.3, 0.4) is 0 Å². The molecule has 1 aromatic heterocycles. The summed E-state index contributed by atoms with van der Waals surface area (Å²) in [6.07, 6.45) is 2.98. The van der Waals surface area contributed by atoms with Crippen LogP contribution in [0.5, 0.6) is 5.75 Å². The molecule has 0 bridgehead atoms. The fourth-order valence-corrected chi connectivity index (χ4v) is 3.54. The van der Waals surface area contributed by atoms with Gasteiger partial charge < -0.3 is 4.74 Å². The smallest absolute Gasteiger partial charge is 0.280 e. The number of amides is 1. The largest absolute Gasteiger partial charge is 0.480 e. The van der Waals surface area contributed by atoms with Gasteiger partial charge >= 0.3 is 0 Å². The maximum atomic E-state index is 13.5. The lowest BCUT2D eigenvalue weighted by Gasteiger charge is -2.40. The Bertz CT molecular complexity index is 1190. The normalized spacial score (nSPS) is 16.4. The van der Waals surface area contributed by atoms with Crippen molar-refractivity contribution in [2.75, 3.05) is 0 Å². The molecule has 0 saturated heterocycles. The van der Waals surface area contributed by atoms with Crippen LogP contribution >= 0.6 is 0 Å². The van der Waals surface area contributed by atoms with Crippen LogP contribution < -0.4 is 4.74 Å². The molecule has 1 aliphatic heterocycles. The second-order valence-corrected chi connectivity index (χ2v) is 7.88. The second-order valence-electron chi connectivity index (χ2n) is 7.88. The molecule has 1 aliphatic rings. The van der Waals surface area contributed by atoms with E-state index in [1.165, 1.54) is 6.20 Å². The van der Waals surface area contributed by atoms with Gasteiger partial charge in [-0.25, -0.2) is 5.06 Å². The summed E-state index contributed by atoms with van der Waals surface area (Å²) < 4.78 is 5.89. The van der Waals surface area contributed by atoms with E-state index in [-0.39, 0.29) is 18.0 Å². The van der Waals surface area contributed by atoms with Crippen molar-refractivity contribution in [2.45, 2.75) is 32.1 Å². The number of nitriles is 1. The van der Waals surface area contributed by atoms with Crippen LogP contribution in [-0.2, 0) is 16.2 Å². The lowest BCUT2D eigenvalue weighted by Crippen LogP contribution is -2.51. The highest BCUT2D eigenvalue weighted by Gasteiger charge is 2.47. The molecule has 0 spiro atoms. The lowest BCUT2D eigenvalue weighted by atomic mass is 9.87. The summed E-state index contributed by atoms with van der Waals surface area (Å²) in [7, 11) is 0. The van der Waals surface area contributed by atoms with Gasteiger partial charge in [0.05, 0.1) is 17.2 Å². The van der Waals surface area contributed by atoms with Gasteiger partial charge in [0, 0.05) is 18.0 Å². The van der Waals surface area contributed by atoms with Crippen LogP contribution in [0.4, 0.5) is 0 Å². The number of hydrogen-bond donors (Lipinski definition) is 0. The van der Waals surface area contributed by atoms with Crippen LogP contribution in [0.15, 0.2) is 73.1 Å². The lowest BCUT2D eigenvalue weighted by molar-refractivity contribution is -0.181. The number of hydroxylamine groups is 2. The zero-order chi connectivity index (χ0) is 22.7. The van der Waals surface area contributed by atoms with Gasteiger partial charge in [0.1, 0.15) is 12.4 Å². The predicted molar refractivity (Wildman–Crippen MR) is 115 cm³/mol. The Kier molecular flexibility index (Phi) is 5.71. The van der Waals surface area contributed by atoms with Gasteiger partial charge in [0.15, 0.2) is 11.6 Å². The van der Waals surface area contributed by atoms with Crippen molar-refractivity contribution in [1.29, 1.82) is 5.26 Å². The van der Waals surface area contributed by atoms with Crippen molar-refractivity contribution < 1.29 is 19.2 Å². The van der Waals surface area contributed by atoms with Crippen LogP contribution in [0, 0.1) is 11.3 Å². The molecule has 7 heteroatoms. The molecule has 0 N–H and O–H groups in total. The number of pyridine rings is 1. The minimum absolute atomic E-state index is 0.0746. The third-order valence-corrected chi connectivity index (χ3v) is 5.20. The number of nitrogens with zero attached hydrogens (tertiary/aromatic N) is 3. The van der Waals surface area contributed by atoms with Gasteiger partial charge in [-0.1, -0.05) is 30.3 Å². The second kappa shape index (κ2) is 8.61. The number of ketones is 1. The SMILES string of the molecule is CC1(C)Oc2ccc(C#N)cc2C(N(OCc2ccccc2)C(=O)c2cccnc2)C1=O. The molecule has 0 radical (unpaired) electrons. The van der Waals surface area contributed by atoms with Crippen molar-refractivity contribution in [3.63, 3.8) is 0 Å². The fourth-order valence-electron chi connectivity index (χ4n) is 3.54. The summed E-state index contributed by atoms with van der Waals surface area (Å²) in [5.74, 6) is -0.449. The molecule has 0 saturated carbocycles. The van der Waals surface area contributed by atoms with Crippen molar-refractivity contribution in [3.8, 4) is 11.8 Å². The maximum Gasteiger partial charge on any atom is 0.280 e. The number of benzene rings is 2. The van der Waals surface area contributed by atoms with Gasteiger partial charge in [-0.05, 0) is 49.7 Å². The molecule has 1 unspecified atom stereocenters. The van der Waals surface area contributed by atoms with Gasteiger partial charge in [0.25, 0.3) is 5.91 Å². The number of ether oxygens (including phenoxy) is 1. The topological polar surface area (TPSA) is 92.5 Å². The average Bonchev–Trinajstić information content (AvgIpc) is 2.82. The number of rotatable bonds is 5. The van der Waals surface area contributed by atoms with Gasteiger partial charge in [-0.15, -0.1) is 0 Å². The molecule has 0 fully saturated rings. The van der Waals surface area contributed by atoms with E-state index in [1.807, 2.05) is 30.3 Å². The fraction of sp³-hybridized carbons (Fsp3) is 0.200. The molecule has 7 nitrogen and oxygen atoms in total. The van der Waals surface area contributed by atoms with E-state index in [1.54, 1.807) is 50.4 Å². The van der Waals surface area contributed by atoms with E-state index >= 15 is 0 Å². The highest BCUT2D eigenvalue weighted by Crippen LogP contribution is 2.41. The summed E-state index contributed by atoms with van der Waals surface area (Å²) in [5.41, 5.74) is 0.660. The first kappa shape index (κ1) is 21.2. The maximum absolute atomic E-state index is 13.5. The molecular formula is C25H21N3O4. The van der Waals surface area contributed by atoms with Crippen LogP contribution in [-0.4, -0.2) is 27.3 Å². The van der Waals surface area contributed by atoms with Crippen molar-refractivity contribution in [3.05, 3.63) is 95.3 Å². The molecule has 2 heterocycles. The van der Waals surface area contributed by atoms with Gasteiger partial charge in [-0.2, -0.15) is 5.26 Å². The van der Waals surface area contributed by atoms with Crippen LogP contribution in [0.2, 0.25) is 0 Å². The van der Waals surface area contributed by atoms with E-state index in [4.69, 9.17) is 9.57 Å². The summed E-state index contributed by atoms with van der Waals surface area (Å²) in [6.45, 7) is 3.37. The van der Waals surface area contributed by atoms with E-state index in [0.717, 1.165) is 10.6 Å². The summed E-state index contributed by atoms with van der Waals surface area (Å²) in [5, 5.41) is 10.5. The number of Topliss-reactive ketones (excluding diaryl/α,β-unsaturated/α-hetero) is 1. The van der Waals surface area contributed by atoms with Crippen molar-refractivity contribution in [2.24, 2.45) is 0 Å². The molecule has 0 aliphatic carbocycles.